The Morgan fingerprint density at radius 1 is 1.63 bits per heavy atom. The Hall–Kier alpha value is -1.21. The van der Waals surface area contributed by atoms with E-state index < -0.39 is 0 Å². The molecule has 1 saturated heterocycles. The van der Waals surface area contributed by atoms with Crippen LogP contribution >= 0.6 is 12.2 Å². The van der Waals surface area contributed by atoms with Gasteiger partial charge in [-0.3, -0.25) is 9.89 Å². The van der Waals surface area contributed by atoms with Gasteiger partial charge in [0.25, 0.3) is 0 Å². The first-order chi connectivity index (χ1) is 9.06. The monoisotopic (exact) mass is 284 g/mol. The molecule has 1 aromatic rings. The van der Waals surface area contributed by atoms with Crippen molar-refractivity contribution in [3.8, 4) is 0 Å². The fraction of sp³-hybridized carbons (Fsp3) is 0.750. The first-order valence-electron chi connectivity index (χ1n) is 6.58. The summed E-state index contributed by atoms with van der Waals surface area (Å²) in [6.07, 6.45) is 4.00. The van der Waals surface area contributed by atoms with Crippen LogP contribution in [0.25, 0.3) is 0 Å². The molecule has 0 radical (unpaired) electrons. The van der Waals surface area contributed by atoms with E-state index in [0.717, 1.165) is 25.1 Å². The van der Waals surface area contributed by atoms with Gasteiger partial charge in [-0.1, -0.05) is 0 Å². The molecule has 0 spiro atoms. The summed E-state index contributed by atoms with van der Waals surface area (Å²) in [7, 11) is 1.82. The van der Waals surface area contributed by atoms with Crippen LogP contribution in [0.15, 0.2) is 0 Å². The van der Waals surface area contributed by atoms with Crippen LogP contribution in [-0.4, -0.2) is 32.9 Å². The average Bonchev–Trinajstić information content (AvgIpc) is 2.93. The Morgan fingerprint density at radius 2 is 2.42 bits per heavy atom. The molecule has 106 valence electrons. The van der Waals surface area contributed by atoms with Crippen LogP contribution in [0.4, 0.5) is 0 Å². The average molecular weight is 284 g/mol. The second-order valence-electron chi connectivity index (χ2n) is 4.97. The van der Waals surface area contributed by atoms with E-state index in [1.54, 1.807) is 4.57 Å². The highest BCUT2D eigenvalue weighted by Gasteiger charge is 2.22. The molecule has 1 aliphatic rings. The van der Waals surface area contributed by atoms with E-state index in [1.165, 1.54) is 0 Å². The minimum absolute atomic E-state index is 0.0251. The molecular weight excluding hydrogens is 264 g/mol. The van der Waals surface area contributed by atoms with Gasteiger partial charge in [0.15, 0.2) is 10.6 Å². The number of ether oxygens (including phenoxy) is 1. The number of H-pyrrole nitrogens is 1. The summed E-state index contributed by atoms with van der Waals surface area (Å²) in [5.41, 5.74) is 0. The van der Waals surface area contributed by atoms with Crippen LogP contribution in [0.2, 0.25) is 0 Å². The van der Waals surface area contributed by atoms with Crippen LogP contribution in [0.3, 0.4) is 0 Å². The van der Waals surface area contributed by atoms with Gasteiger partial charge in [0.05, 0.1) is 18.8 Å². The molecule has 2 heterocycles. The van der Waals surface area contributed by atoms with Crippen molar-refractivity contribution in [2.75, 3.05) is 0 Å². The van der Waals surface area contributed by atoms with Crippen LogP contribution in [0, 0.1) is 4.77 Å². The zero-order chi connectivity index (χ0) is 13.8. The Kier molecular flexibility index (Phi) is 4.71. The highest BCUT2D eigenvalue weighted by Crippen LogP contribution is 2.22. The molecule has 0 aliphatic carbocycles. The van der Waals surface area contributed by atoms with Gasteiger partial charge in [0.1, 0.15) is 0 Å². The SMILES string of the molecule is C[C@@H]1CC[C@@H](CCC(=O)NCc2n[nH]c(=S)n2C)O1. The summed E-state index contributed by atoms with van der Waals surface area (Å²) in [6.45, 7) is 2.47. The Morgan fingerprint density at radius 3 is 3.00 bits per heavy atom. The fourth-order valence-corrected chi connectivity index (χ4v) is 2.34. The van der Waals surface area contributed by atoms with Crippen molar-refractivity contribution >= 4 is 18.1 Å². The molecule has 2 atom stereocenters. The number of carbonyl (C=O) groups excluding carboxylic acids is 1. The highest BCUT2D eigenvalue weighted by molar-refractivity contribution is 7.71. The minimum Gasteiger partial charge on any atom is -0.375 e. The second kappa shape index (κ2) is 6.29. The van der Waals surface area contributed by atoms with Crippen LogP contribution < -0.4 is 5.32 Å². The van der Waals surface area contributed by atoms with Crippen molar-refractivity contribution in [3.05, 3.63) is 10.6 Å². The van der Waals surface area contributed by atoms with E-state index in [1.807, 2.05) is 7.05 Å². The number of nitrogens with one attached hydrogen (secondary N) is 2. The van der Waals surface area contributed by atoms with E-state index in [4.69, 9.17) is 17.0 Å². The largest absolute Gasteiger partial charge is 0.375 e. The summed E-state index contributed by atoms with van der Waals surface area (Å²) in [5, 5.41) is 9.57. The zero-order valence-corrected chi connectivity index (χ0v) is 12.1. The highest BCUT2D eigenvalue weighted by atomic mass is 32.1. The molecule has 6 nitrogen and oxygen atoms in total. The number of carbonyl (C=O) groups is 1. The Bertz CT molecular complexity index is 496. The maximum Gasteiger partial charge on any atom is 0.220 e. The molecule has 0 unspecified atom stereocenters. The summed E-state index contributed by atoms with van der Waals surface area (Å²) in [6, 6.07) is 0. The van der Waals surface area contributed by atoms with E-state index in [0.29, 0.717) is 23.8 Å². The summed E-state index contributed by atoms with van der Waals surface area (Å²) in [4.78, 5) is 11.7. The van der Waals surface area contributed by atoms with Crippen molar-refractivity contribution < 1.29 is 9.53 Å². The van der Waals surface area contributed by atoms with Gasteiger partial charge in [0, 0.05) is 13.5 Å². The zero-order valence-electron chi connectivity index (χ0n) is 11.3. The number of nitrogens with zero attached hydrogens (tertiary/aromatic N) is 2. The molecule has 2 rings (SSSR count). The molecule has 2 N–H and O–H groups in total. The first-order valence-corrected chi connectivity index (χ1v) is 6.99. The number of aromatic amines is 1. The topological polar surface area (TPSA) is 71.9 Å². The second-order valence-corrected chi connectivity index (χ2v) is 5.35. The van der Waals surface area contributed by atoms with Crippen molar-refractivity contribution in [1.82, 2.24) is 20.1 Å². The van der Waals surface area contributed by atoms with Gasteiger partial charge >= 0.3 is 0 Å². The van der Waals surface area contributed by atoms with E-state index >= 15 is 0 Å². The van der Waals surface area contributed by atoms with Crippen LogP contribution in [-0.2, 0) is 23.1 Å². The molecule has 1 amide bonds. The smallest absolute Gasteiger partial charge is 0.220 e. The summed E-state index contributed by atoms with van der Waals surface area (Å²) >= 11 is 5.00. The number of rotatable bonds is 5. The molecular formula is C12H20N4O2S. The predicted octanol–water partition coefficient (Wildman–Crippen LogP) is 1.44. The normalized spacial score (nSPS) is 22.6. The van der Waals surface area contributed by atoms with Gasteiger partial charge in [0.2, 0.25) is 5.91 Å². The number of hydrogen-bond donors (Lipinski definition) is 2. The molecule has 7 heteroatoms. The molecule has 1 aliphatic heterocycles. The molecule has 1 aromatic heterocycles. The number of amides is 1. The van der Waals surface area contributed by atoms with E-state index in [2.05, 4.69) is 22.4 Å². The van der Waals surface area contributed by atoms with Crippen LogP contribution in [0.5, 0.6) is 0 Å². The van der Waals surface area contributed by atoms with Crippen molar-refractivity contribution in [2.45, 2.75) is 51.4 Å². The third-order valence-electron chi connectivity index (χ3n) is 3.43. The molecule has 0 aromatic carbocycles. The van der Waals surface area contributed by atoms with E-state index in [-0.39, 0.29) is 12.0 Å². The van der Waals surface area contributed by atoms with Gasteiger partial charge < -0.3 is 14.6 Å². The van der Waals surface area contributed by atoms with Gasteiger partial charge in [-0.25, -0.2) is 0 Å². The Balaban J connectivity index is 1.70. The molecule has 0 saturated carbocycles. The molecule has 1 fully saturated rings. The summed E-state index contributed by atoms with van der Waals surface area (Å²) in [5.74, 6) is 0.751. The lowest BCUT2D eigenvalue weighted by atomic mass is 10.1. The third kappa shape index (κ3) is 3.87. The lowest BCUT2D eigenvalue weighted by Gasteiger charge is -2.10. The molecule has 0 bridgehead atoms. The van der Waals surface area contributed by atoms with Gasteiger partial charge in [-0.2, -0.15) is 5.10 Å². The fourth-order valence-electron chi connectivity index (χ4n) is 2.19. The number of aromatic nitrogens is 3. The predicted molar refractivity (Wildman–Crippen MR) is 73.0 cm³/mol. The lowest BCUT2D eigenvalue weighted by Crippen LogP contribution is -2.25. The Labute approximate surface area is 117 Å². The number of hydrogen-bond acceptors (Lipinski definition) is 4. The van der Waals surface area contributed by atoms with Gasteiger partial charge in [-0.15, -0.1) is 0 Å². The quantitative estimate of drug-likeness (QED) is 0.803. The minimum atomic E-state index is 0.0251. The maximum absolute atomic E-state index is 11.7. The van der Waals surface area contributed by atoms with Crippen molar-refractivity contribution in [2.24, 2.45) is 7.05 Å². The van der Waals surface area contributed by atoms with Crippen molar-refractivity contribution in [3.63, 3.8) is 0 Å². The maximum atomic E-state index is 11.7. The van der Waals surface area contributed by atoms with Crippen LogP contribution in [0.1, 0.15) is 38.4 Å². The van der Waals surface area contributed by atoms with Gasteiger partial charge in [-0.05, 0) is 38.4 Å². The molecule has 19 heavy (non-hydrogen) atoms. The van der Waals surface area contributed by atoms with E-state index in [9.17, 15) is 4.79 Å². The summed E-state index contributed by atoms with van der Waals surface area (Å²) < 4.78 is 7.98. The lowest BCUT2D eigenvalue weighted by molar-refractivity contribution is -0.122. The van der Waals surface area contributed by atoms with Crippen molar-refractivity contribution in [1.29, 1.82) is 0 Å². The first kappa shape index (κ1) is 14.2. The third-order valence-corrected chi connectivity index (χ3v) is 3.79. The standard InChI is InChI=1S/C12H20N4O2S/c1-8-3-4-9(18-8)5-6-11(17)13-7-10-14-15-12(19)16(10)2/h8-9H,3-7H2,1-2H3,(H,13,17)(H,15,19)/t8-,9+/m1/s1.